The Balaban J connectivity index is 1.89. The van der Waals surface area contributed by atoms with Gasteiger partial charge in [0.2, 0.25) is 0 Å². The highest BCUT2D eigenvalue weighted by Crippen LogP contribution is 2.21. The van der Waals surface area contributed by atoms with E-state index >= 15 is 0 Å². The molecule has 1 amide bonds. The number of carbonyl (C=O) groups is 1. The third-order valence-electron chi connectivity index (χ3n) is 3.85. The molecule has 0 saturated heterocycles. The van der Waals surface area contributed by atoms with Gasteiger partial charge in [-0.25, -0.2) is 4.98 Å². The molecule has 0 saturated carbocycles. The third kappa shape index (κ3) is 2.60. The van der Waals surface area contributed by atoms with Gasteiger partial charge in [-0.3, -0.25) is 4.79 Å². The van der Waals surface area contributed by atoms with E-state index in [0.29, 0.717) is 5.56 Å². The molecule has 2 aromatic carbocycles. The van der Waals surface area contributed by atoms with Crippen molar-refractivity contribution in [3.8, 4) is 11.4 Å². The third-order valence-corrected chi connectivity index (χ3v) is 3.85. The van der Waals surface area contributed by atoms with Crippen molar-refractivity contribution in [3.05, 3.63) is 54.1 Å². The summed E-state index contributed by atoms with van der Waals surface area (Å²) in [5.41, 5.74) is 3.65. The average molecular weight is 293 g/mol. The summed E-state index contributed by atoms with van der Waals surface area (Å²) in [7, 11) is 0. The number of fused-ring (bicyclic) bond motifs is 1. The summed E-state index contributed by atoms with van der Waals surface area (Å²) in [5, 5.41) is 0. The zero-order chi connectivity index (χ0) is 15.5. The van der Waals surface area contributed by atoms with E-state index in [1.165, 1.54) is 0 Å². The van der Waals surface area contributed by atoms with E-state index in [0.717, 1.165) is 35.5 Å². The fourth-order valence-electron chi connectivity index (χ4n) is 2.55. The van der Waals surface area contributed by atoms with Gasteiger partial charge in [-0.05, 0) is 38.1 Å². The molecule has 0 bridgehead atoms. The SMILES string of the molecule is CCN(CC)C(=O)c1ccc(-c2nc3ccccc3[nH]2)cc1. The van der Waals surface area contributed by atoms with Crippen LogP contribution in [0, 0.1) is 0 Å². The number of benzene rings is 2. The number of hydrogen-bond donors (Lipinski definition) is 1. The maximum absolute atomic E-state index is 12.3. The highest BCUT2D eigenvalue weighted by atomic mass is 16.2. The molecule has 4 nitrogen and oxygen atoms in total. The Morgan fingerprint density at radius 3 is 2.36 bits per heavy atom. The molecular weight excluding hydrogens is 274 g/mol. The second kappa shape index (κ2) is 6.02. The van der Waals surface area contributed by atoms with Gasteiger partial charge in [-0.15, -0.1) is 0 Å². The average Bonchev–Trinajstić information content (AvgIpc) is 3.00. The van der Waals surface area contributed by atoms with Crippen LogP contribution in [-0.2, 0) is 0 Å². The predicted octanol–water partition coefficient (Wildman–Crippen LogP) is 3.71. The number of nitrogens with zero attached hydrogens (tertiary/aromatic N) is 2. The van der Waals surface area contributed by atoms with Crippen molar-refractivity contribution in [2.75, 3.05) is 13.1 Å². The van der Waals surface area contributed by atoms with E-state index < -0.39 is 0 Å². The summed E-state index contributed by atoms with van der Waals surface area (Å²) >= 11 is 0. The Morgan fingerprint density at radius 2 is 1.73 bits per heavy atom. The van der Waals surface area contributed by atoms with Crippen LogP contribution < -0.4 is 0 Å². The first-order valence-corrected chi connectivity index (χ1v) is 7.57. The molecule has 0 unspecified atom stereocenters. The van der Waals surface area contributed by atoms with E-state index in [-0.39, 0.29) is 5.91 Å². The Hall–Kier alpha value is -2.62. The number of aromatic amines is 1. The zero-order valence-corrected chi connectivity index (χ0v) is 12.8. The lowest BCUT2D eigenvalue weighted by Gasteiger charge is -2.18. The van der Waals surface area contributed by atoms with Crippen molar-refractivity contribution in [2.45, 2.75) is 13.8 Å². The van der Waals surface area contributed by atoms with Gasteiger partial charge in [-0.2, -0.15) is 0 Å². The first-order chi connectivity index (χ1) is 10.7. The molecule has 3 aromatic rings. The van der Waals surface area contributed by atoms with Crippen LogP contribution >= 0.6 is 0 Å². The molecule has 0 aliphatic carbocycles. The van der Waals surface area contributed by atoms with Crippen LogP contribution in [0.25, 0.3) is 22.4 Å². The number of nitrogens with one attached hydrogen (secondary N) is 1. The number of aromatic nitrogens is 2. The largest absolute Gasteiger partial charge is 0.339 e. The first kappa shape index (κ1) is 14.3. The van der Waals surface area contributed by atoms with E-state index in [1.807, 2.05) is 67.3 Å². The van der Waals surface area contributed by atoms with Crippen molar-refractivity contribution < 1.29 is 4.79 Å². The van der Waals surface area contributed by atoms with E-state index in [1.54, 1.807) is 0 Å². The van der Waals surface area contributed by atoms with Crippen molar-refractivity contribution in [3.63, 3.8) is 0 Å². The normalized spacial score (nSPS) is 10.8. The summed E-state index contributed by atoms with van der Waals surface area (Å²) in [6.07, 6.45) is 0. The minimum Gasteiger partial charge on any atom is -0.339 e. The van der Waals surface area contributed by atoms with Crippen molar-refractivity contribution >= 4 is 16.9 Å². The molecule has 0 aliphatic rings. The van der Waals surface area contributed by atoms with Crippen LogP contribution in [-0.4, -0.2) is 33.9 Å². The van der Waals surface area contributed by atoms with Gasteiger partial charge < -0.3 is 9.88 Å². The van der Waals surface area contributed by atoms with Gasteiger partial charge in [0.1, 0.15) is 5.82 Å². The van der Waals surface area contributed by atoms with Crippen molar-refractivity contribution in [1.29, 1.82) is 0 Å². The van der Waals surface area contributed by atoms with Gasteiger partial charge >= 0.3 is 0 Å². The van der Waals surface area contributed by atoms with Crippen LogP contribution in [0.5, 0.6) is 0 Å². The van der Waals surface area contributed by atoms with E-state index in [9.17, 15) is 4.79 Å². The maximum Gasteiger partial charge on any atom is 0.253 e. The first-order valence-electron chi connectivity index (χ1n) is 7.57. The molecule has 1 N–H and O–H groups in total. The number of amides is 1. The number of H-pyrrole nitrogens is 1. The summed E-state index contributed by atoms with van der Waals surface area (Å²) < 4.78 is 0. The Kier molecular flexibility index (Phi) is 3.92. The molecule has 112 valence electrons. The number of hydrogen-bond acceptors (Lipinski definition) is 2. The van der Waals surface area contributed by atoms with E-state index in [2.05, 4.69) is 9.97 Å². The molecule has 0 atom stereocenters. The molecule has 1 aromatic heterocycles. The highest BCUT2D eigenvalue weighted by Gasteiger charge is 2.12. The quantitative estimate of drug-likeness (QED) is 0.797. The molecule has 1 heterocycles. The molecule has 0 radical (unpaired) electrons. The zero-order valence-electron chi connectivity index (χ0n) is 12.8. The highest BCUT2D eigenvalue weighted by molar-refractivity contribution is 5.94. The molecule has 22 heavy (non-hydrogen) atoms. The monoisotopic (exact) mass is 293 g/mol. The summed E-state index contributed by atoms with van der Waals surface area (Å²) in [4.78, 5) is 22.0. The Bertz CT molecular complexity index is 752. The Labute approximate surface area is 129 Å². The minimum absolute atomic E-state index is 0.0705. The maximum atomic E-state index is 12.3. The lowest BCUT2D eigenvalue weighted by Crippen LogP contribution is -2.30. The fourth-order valence-corrected chi connectivity index (χ4v) is 2.55. The van der Waals surface area contributed by atoms with E-state index in [4.69, 9.17) is 0 Å². The van der Waals surface area contributed by atoms with Gasteiger partial charge in [0.05, 0.1) is 11.0 Å². The number of rotatable bonds is 4. The molecular formula is C18H19N3O. The summed E-state index contributed by atoms with van der Waals surface area (Å²) in [5.74, 6) is 0.893. The number of imidazole rings is 1. The molecule has 0 aliphatic heterocycles. The lowest BCUT2D eigenvalue weighted by molar-refractivity contribution is 0.0773. The second-order valence-electron chi connectivity index (χ2n) is 5.16. The van der Waals surface area contributed by atoms with Crippen molar-refractivity contribution in [1.82, 2.24) is 14.9 Å². The number of para-hydroxylation sites is 2. The molecule has 0 fully saturated rings. The van der Waals surface area contributed by atoms with Crippen molar-refractivity contribution in [2.24, 2.45) is 0 Å². The smallest absolute Gasteiger partial charge is 0.253 e. The van der Waals surface area contributed by atoms with Crippen LogP contribution in [0.4, 0.5) is 0 Å². The van der Waals surface area contributed by atoms with Crippen LogP contribution in [0.1, 0.15) is 24.2 Å². The summed E-state index contributed by atoms with van der Waals surface area (Å²) in [6.45, 7) is 5.43. The second-order valence-corrected chi connectivity index (χ2v) is 5.16. The minimum atomic E-state index is 0.0705. The Morgan fingerprint density at radius 1 is 1.05 bits per heavy atom. The van der Waals surface area contributed by atoms with Gasteiger partial charge in [-0.1, -0.05) is 24.3 Å². The fraction of sp³-hybridized carbons (Fsp3) is 0.222. The van der Waals surface area contributed by atoms with Crippen LogP contribution in [0.3, 0.4) is 0 Å². The molecule has 4 heteroatoms. The molecule has 3 rings (SSSR count). The summed E-state index contributed by atoms with van der Waals surface area (Å²) in [6, 6.07) is 15.5. The van der Waals surface area contributed by atoms with Crippen LogP contribution in [0.15, 0.2) is 48.5 Å². The number of carbonyl (C=O) groups excluding carboxylic acids is 1. The standard InChI is InChI=1S/C18H19N3O/c1-3-21(4-2)18(22)14-11-9-13(10-12-14)17-19-15-7-5-6-8-16(15)20-17/h5-12H,3-4H2,1-2H3,(H,19,20). The lowest BCUT2D eigenvalue weighted by atomic mass is 10.1. The van der Waals surface area contributed by atoms with Gasteiger partial charge in [0.25, 0.3) is 5.91 Å². The molecule has 0 spiro atoms. The predicted molar refractivity (Wildman–Crippen MR) is 88.8 cm³/mol. The van der Waals surface area contributed by atoms with Crippen LogP contribution in [0.2, 0.25) is 0 Å². The van der Waals surface area contributed by atoms with Gasteiger partial charge in [0.15, 0.2) is 0 Å². The van der Waals surface area contributed by atoms with Gasteiger partial charge in [0, 0.05) is 24.2 Å². The topological polar surface area (TPSA) is 49.0 Å².